The van der Waals surface area contributed by atoms with Crippen LogP contribution in [0.1, 0.15) is 91.0 Å². The molecule has 2 heterocycles. The molecule has 3 heteroatoms. The number of allylic oxidation sites excluding steroid dienone is 2. The zero-order chi connectivity index (χ0) is 26.1. The van der Waals surface area contributed by atoms with E-state index in [2.05, 4.69) is 69.0 Å². The van der Waals surface area contributed by atoms with Crippen molar-refractivity contribution in [2.24, 2.45) is 45.8 Å². The van der Waals surface area contributed by atoms with Crippen molar-refractivity contribution in [1.82, 2.24) is 4.90 Å². The lowest BCUT2D eigenvalue weighted by atomic mass is 9.56. The van der Waals surface area contributed by atoms with Gasteiger partial charge in [0.1, 0.15) is 0 Å². The Labute approximate surface area is 229 Å². The lowest BCUT2D eigenvalue weighted by Crippen LogP contribution is -2.54. The highest BCUT2D eigenvalue weighted by Gasteiger charge is 2.84. The van der Waals surface area contributed by atoms with Gasteiger partial charge >= 0.3 is 0 Å². The van der Waals surface area contributed by atoms with Gasteiger partial charge in [-0.15, -0.1) is 0 Å². The van der Waals surface area contributed by atoms with Crippen LogP contribution in [0.3, 0.4) is 0 Å². The first-order valence-electron chi connectivity index (χ1n) is 15.9. The van der Waals surface area contributed by atoms with E-state index in [1.165, 1.54) is 62.6 Å². The topological polar surface area (TPSA) is 29.5 Å². The van der Waals surface area contributed by atoms with Gasteiger partial charge in [-0.25, -0.2) is 0 Å². The lowest BCUT2D eigenvalue weighted by molar-refractivity contribution is -0.148. The largest absolute Gasteiger partial charge is 0.369 e. The number of carbonyl (C=O) groups is 1. The Bertz CT molecular complexity index is 1190. The average molecular weight is 514 g/mol. The Balaban J connectivity index is 1.12. The molecule has 0 N–H and O–H groups in total. The fourth-order valence-corrected chi connectivity index (χ4v) is 12.4. The molecular formula is C35H47NO2. The van der Waals surface area contributed by atoms with Gasteiger partial charge in [-0.05, 0) is 97.5 Å². The molecule has 0 amide bonds. The highest BCUT2D eigenvalue weighted by Crippen LogP contribution is 2.87. The molecule has 3 nitrogen and oxygen atoms in total. The summed E-state index contributed by atoms with van der Waals surface area (Å²) in [6, 6.07) is 11.7. The molecule has 7 aliphatic rings. The summed E-state index contributed by atoms with van der Waals surface area (Å²) in [6.07, 6.45) is 13.4. The van der Waals surface area contributed by atoms with Gasteiger partial charge in [0.2, 0.25) is 0 Å². The highest BCUT2D eigenvalue weighted by atomic mass is 16.5. The Hall–Kier alpha value is -1.45. The molecule has 38 heavy (non-hydrogen) atoms. The van der Waals surface area contributed by atoms with Gasteiger partial charge in [-0.1, -0.05) is 63.6 Å². The molecule has 0 bridgehead atoms. The standard InChI is InChI=1S/C35H47NO2/c1-22-16-30-31(36(19-22)20-24-8-6-5-7-9-24)23(2)35(38-30)15-13-28-27-11-10-25-17-26(37)12-14-32(25,3)29(27)18-34(28)21-33(34,35)4/h5-9,17,22-23,27-31H,10-16,18-21H2,1-4H3/t22-,23+,27-,28-,29-,30+,31-,32-,33?,34?,35+/m0/s1. The van der Waals surface area contributed by atoms with Crippen LogP contribution in [0.25, 0.3) is 0 Å². The molecule has 5 aliphatic carbocycles. The molecule has 2 aliphatic heterocycles. The lowest BCUT2D eigenvalue weighted by Gasteiger charge is -2.50. The molecule has 1 aromatic carbocycles. The molecule has 2 unspecified atom stereocenters. The van der Waals surface area contributed by atoms with Crippen LogP contribution in [-0.2, 0) is 16.1 Å². The third kappa shape index (κ3) is 2.91. The number of hydrogen-bond donors (Lipinski definition) is 0. The summed E-state index contributed by atoms with van der Waals surface area (Å²) in [6.45, 7) is 12.5. The number of carbonyl (C=O) groups excluding carboxylic acids is 1. The summed E-state index contributed by atoms with van der Waals surface area (Å²) < 4.78 is 7.51. The maximum Gasteiger partial charge on any atom is 0.155 e. The smallest absolute Gasteiger partial charge is 0.155 e. The number of ketones is 1. The average Bonchev–Trinajstić information content (AvgIpc) is 3.23. The van der Waals surface area contributed by atoms with Crippen molar-refractivity contribution in [2.45, 2.75) is 110 Å². The number of benzene rings is 1. The van der Waals surface area contributed by atoms with E-state index in [1.54, 1.807) is 0 Å². The van der Waals surface area contributed by atoms with E-state index in [1.807, 2.05) is 0 Å². The van der Waals surface area contributed by atoms with Crippen molar-refractivity contribution >= 4 is 5.78 Å². The van der Waals surface area contributed by atoms with Crippen LogP contribution in [0.4, 0.5) is 0 Å². The van der Waals surface area contributed by atoms with Crippen LogP contribution < -0.4 is 0 Å². The molecule has 204 valence electrons. The Morgan fingerprint density at radius 2 is 1.84 bits per heavy atom. The van der Waals surface area contributed by atoms with Crippen molar-refractivity contribution in [2.75, 3.05) is 6.54 Å². The predicted octanol–water partition coefficient (Wildman–Crippen LogP) is 7.20. The first kappa shape index (κ1) is 24.4. The third-order valence-electron chi connectivity index (χ3n) is 14.1. The summed E-state index contributed by atoms with van der Waals surface area (Å²) in [5.41, 5.74) is 4.02. The van der Waals surface area contributed by atoms with Gasteiger partial charge in [0.15, 0.2) is 5.78 Å². The quantitative estimate of drug-likeness (QED) is 0.419. The fourth-order valence-electron chi connectivity index (χ4n) is 12.4. The minimum absolute atomic E-state index is 0.0351. The Kier molecular flexibility index (Phi) is 5.03. The SMILES string of the molecule is C[C@H]1C[C@H]2O[C@]3(CC[C@H]4[C@@H]5CCC6=CC(=O)CC[C@]6(C)[C@H]5CC45CC53C)[C@H](C)[C@@H]2N(Cc2ccccc2)C1. The normalized spacial score (nSPS) is 53.0. The first-order valence-corrected chi connectivity index (χ1v) is 15.9. The van der Waals surface area contributed by atoms with Gasteiger partial charge in [-0.2, -0.15) is 0 Å². The van der Waals surface area contributed by atoms with Crippen LogP contribution in [0, 0.1) is 45.8 Å². The van der Waals surface area contributed by atoms with Crippen molar-refractivity contribution in [1.29, 1.82) is 0 Å². The summed E-state index contributed by atoms with van der Waals surface area (Å²) in [4.78, 5) is 15.1. The van der Waals surface area contributed by atoms with Crippen molar-refractivity contribution in [3.63, 3.8) is 0 Å². The van der Waals surface area contributed by atoms with E-state index < -0.39 is 0 Å². The van der Waals surface area contributed by atoms with E-state index in [0.717, 1.165) is 37.1 Å². The number of likely N-dealkylation sites (tertiary alicyclic amines) is 1. The molecule has 8 rings (SSSR count). The van der Waals surface area contributed by atoms with Crippen LogP contribution in [0.5, 0.6) is 0 Å². The second-order valence-electron chi connectivity index (χ2n) is 15.5. The van der Waals surface area contributed by atoms with Crippen LogP contribution >= 0.6 is 0 Å². The second kappa shape index (κ2) is 7.84. The third-order valence-corrected chi connectivity index (χ3v) is 14.1. The highest BCUT2D eigenvalue weighted by molar-refractivity contribution is 5.91. The number of hydrogen-bond acceptors (Lipinski definition) is 3. The number of piperidine rings is 1. The van der Waals surface area contributed by atoms with E-state index in [0.29, 0.717) is 40.6 Å². The van der Waals surface area contributed by atoms with Crippen molar-refractivity contribution in [3.8, 4) is 0 Å². The Morgan fingerprint density at radius 3 is 2.66 bits per heavy atom. The van der Waals surface area contributed by atoms with Crippen LogP contribution in [0.2, 0.25) is 0 Å². The second-order valence-corrected chi connectivity index (χ2v) is 15.5. The van der Waals surface area contributed by atoms with E-state index in [9.17, 15) is 4.79 Å². The maximum atomic E-state index is 12.3. The van der Waals surface area contributed by atoms with Gasteiger partial charge in [0.25, 0.3) is 0 Å². The number of rotatable bonds is 2. The monoisotopic (exact) mass is 513 g/mol. The molecule has 0 radical (unpaired) electrons. The molecule has 6 fully saturated rings. The van der Waals surface area contributed by atoms with Gasteiger partial charge in [0, 0.05) is 36.9 Å². The zero-order valence-electron chi connectivity index (χ0n) is 24.0. The van der Waals surface area contributed by atoms with Gasteiger partial charge in [-0.3, -0.25) is 9.69 Å². The predicted molar refractivity (Wildman–Crippen MR) is 150 cm³/mol. The molecule has 2 spiro atoms. The summed E-state index contributed by atoms with van der Waals surface area (Å²) in [5, 5.41) is 0. The number of ether oxygens (including phenoxy) is 1. The first-order chi connectivity index (χ1) is 18.2. The number of nitrogens with zero attached hydrogens (tertiary/aromatic N) is 1. The molecule has 11 atom stereocenters. The van der Waals surface area contributed by atoms with E-state index in [4.69, 9.17) is 4.74 Å². The zero-order valence-corrected chi connectivity index (χ0v) is 24.0. The Morgan fingerprint density at radius 1 is 1.03 bits per heavy atom. The van der Waals surface area contributed by atoms with Crippen LogP contribution in [-0.4, -0.2) is 35.0 Å². The fraction of sp³-hybridized carbons (Fsp3) is 0.743. The van der Waals surface area contributed by atoms with Crippen LogP contribution in [0.15, 0.2) is 42.0 Å². The summed E-state index contributed by atoms with van der Waals surface area (Å²) in [5.74, 6) is 4.15. The van der Waals surface area contributed by atoms with E-state index >= 15 is 0 Å². The van der Waals surface area contributed by atoms with Crippen molar-refractivity contribution < 1.29 is 9.53 Å². The molecule has 0 aromatic heterocycles. The molecule has 1 aromatic rings. The van der Waals surface area contributed by atoms with Crippen molar-refractivity contribution in [3.05, 3.63) is 47.5 Å². The van der Waals surface area contributed by atoms with Gasteiger partial charge < -0.3 is 4.74 Å². The molecule has 2 saturated heterocycles. The minimum Gasteiger partial charge on any atom is -0.369 e. The van der Waals surface area contributed by atoms with Gasteiger partial charge in [0.05, 0.1) is 11.7 Å². The molecular weight excluding hydrogens is 466 g/mol. The summed E-state index contributed by atoms with van der Waals surface area (Å²) in [7, 11) is 0. The minimum atomic E-state index is 0.0351. The maximum absolute atomic E-state index is 12.3. The van der Waals surface area contributed by atoms with E-state index in [-0.39, 0.29) is 11.0 Å². The summed E-state index contributed by atoms with van der Waals surface area (Å²) >= 11 is 0. The number of fused-ring (bicyclic) bond motifs is 6. The molecule has 4 saturated carbocycles.